The molecule has 0 radical (unpaired) electrons. The molecule has 0 N–H and O–H groups in total. The Morgan fingerprint density at radius 1 is 0.621 bits per heavy atom. The van der Waals surface area contributed by atoms with Crippen molar-refractivity contribution in [2.75, 3.05) is 0 Å². The number of fused-ring (bicyclic) bond motifs is 2. The van der Waals surface area contributed by atoms with Crippen molar-refractivity contribution in [3.05, 3.63) is 71.0 Å². The molecule has 0 fully saturated rings. The summed E-state index contributed by atoms with van der Waals surface area (Å²) in [4.78, 5) is 8.45. The maximum absolute atomic E-state index is 11.4. The van der Waals surface area contributed by atoms with Crippen LogP contribution < -0.4 is 10.2 Å². The van der Waals surface area contributed by atoms with E-state index in [-0.39, 0.29) is 43.5 Å². The molecule has 29 heavy (non-hydrogen) atoms. The maximum atomic E-state index is 11.4. The first kappa shape index (κ1) is 26.5. The van der Waals surface area contributed by atoms with Gasteiger partial charge in [0.1, 0.15) is 0 Å². The van der Waals surface area contributed by atoms with Crippen LogP contribution >= 0.6 is 0 Å². The van der Waals surface area contributed by atoms with Gasteiger partial charge in [-0.1, -0.05) is 47.9 Å². The average molecular weight is 472 g/mol. The topological polar surface area (TPSA) is 129 Å². The van der Waals surface area contributed by atoms with E-state index in [1.165, 1.54) is 0 Å². The zero-order valence-electron chi connectivity index (χ0n) is 16.6. The van der Waals surface area contributed by atoms with E-state index in [1.807, 2.05) is 52.0 Å². The molecule has 0 atom stereocenters. The standard InChI is InChI=1S/2C11H11NO.Mo.2O/c2*1-7-6-8(2)12-11-9(7)4-3-5-10(11)13;;;/h2*3-6,13H,1-2H3;;;/q;;;2*-2/p-2. The van der Waals surface area contributed by atoms with Gasteiger partial charge in [0.25, 0.3) is 0 Å². The number of aromatic nitrogens is 2. The number of aryl methyl sites for hydroxylation is 4. The Balaban J connectivity index is 0.000000490. The summed E-state index contributed by atoms with van der Waals surface area (Å²) in [5, 5.41) is 24.8. The van der Waals surface area contributed by atoms with E-state index in [4.69, 9.17) is 0 Å². The van der Waals surface area contributed by atoms with E-state index in [0.717, 1.165) is 33.3 Å². The minimum atomic E-state index is 0. The second-order valence-electron chi connectivity index (χ2n) is 6.47. The molecule has 4 aromatic rings. The van der Waals surface area contributed by atoms with Gasteiger partial charge in [-0.15, -0.1) is 0 Å². The third kappa shape index (κ3) is 5.73. The Kier molecular flexibility index (Phi) is 9.91. The third-order valence-corrected chi connectivity index (χ3v) is 4.27. The predicted molar refractivity (Wildman–Crippen MR) is 103 cm³/mol. The van der Waals surface area contributed by atoms with E-state index < -0.39 is 0 Å². The van der Waals surface area contributed by atoms with Gasteiger partial charge in [-0.05, 0) is 51.0 Å². The van der Waals surface area contributed by atoms with Gasteiger partial charge in [0, 0.05) is 43.2 Å². The summed E-state index contributed by atoms with van der Waals surface area (Å²) >= 11 is 0. The van der Waals surface area contributed by atoms with Crippen LogP contribution in [0.15, 0.2) is 48.5 Å². The molecular formula is C22H20MoN2O4-6. The summed E-state index contributed by atoms with van der Waals surface area (Å²) in [6, 6.07) is 14.5. The van der Waals surface area contributed by atoms with Gasteiger partial charge in [0.15, 0.2) is 0 Å². The van der Waals surface area contributed by atoms with Gasteiger partial charge in [-0.3, -0.25) is 9.97 Å². The molecule has 6 nitrogen and oxygen atoms in total. The number of pyridine rings is 2. The summed E-state index contributed by atoms with van der Waals surface area (Å²) in [5.74, 6) is 0.00796. The average Bonchev–Trinajstić information content (AvgIpc) is 2.57. The fourth-order valence-electron chi connectivity index (χ4n) is 3.11. The molecule has 0 unspecified atom stereocenters. The van der Waals surface area contributed by atoms with E-state index in [9.17, 15) is 10.2 Å². The van der Waals surface area contributed by atoms with E-state index in [2.05, 4.69) is 9.97 Å². The van der Waals surface area contributed by atoms with Crippen molar-refractivity contribution in [2.24, 2.45) is 0 Å². The van der Waals surface area contributed by atoms with E-state index >= 15 is 0 Å². The second kappa shape index (κ2) is 10.9. The normalized spacial score (nSPS) is 9.52. The number of rotatable bonds is 0. The number of hydrogen-bond acceptors (Lipinski definition) is 4. The Morgan fingerprint density at radius 3 is 1.31 bits per heavy atom. The Bertz CT molecular complexity index is 1030. The molecule has 0 aliphatic carbocycles. The van der Waals surface area contributed by atoms with Crippen molar-refractivity contribution in [2.45, 2.75) is 27.7 Å². The van der Waals surface area contributed by atoms with Crippen molar-refractivity contribution in [1.29, 1.82) is 0 Å². The zero-order valence-corrected chi connectivity index (χ0v) is 18.6. The molecule has 2 aromatic heterocycles. The number of benzene rings is 2. The van der Waals surface area contributed by atoms with Crippen molar-refractivity contribution in [3.63, 3.8) is 0 Å². The molecule has 2 aromatic carbocycles. The van der Waals surface area contributed by atoms with Crippen LogP contribution in [0.5, 0.6) is 11.5 Å². The number of nitrogens with zero attached hydrogens (tertiary/aromatic N) is 2. The SMILES string of the molecule is Cc1cc(C)c2cccc([O-])c2n1.Cc1cc(C)c2cccc([O-])c2n1.[Mo].[O-2].[O-2]. The van der Waals surface area contributed by atoms with Gasteiger partial charge >= 0.3 is 0 Å². The summed E-state index contributed by atoms with van der Waals surface area (Å²) in [7, 11) is 0. The first-order valence-corrected chi connectivity index (χ1v) is 8.45. The molecule has 0 amide bonds. The number of para-hydroxylation sites is 2. The summed E-state index contributed by atoms with van der Waals surface area (Å²) in [6.07, 6.45) is 0. The molecule has 0 aliphatic rings. The molecule has 154 valence electrons. The van der Waals surface area contributed by atoms with Crippen LogP contribution in [-0.4, -0.2) is 9.97 Å². The van der Waals surface area contributed by atoms with Crippen LogP contribution in [0.3, 0.4) is 0 Å². The molecule has 4 rings (SSSR count). The largest absolute Gasteiger partial charge is 2.00 e. The first-order valence-electron chi connectivity index (χ1n) is 8.45. The van der Waals surface area contributed by atoms with Crippen molar-refractivity contribution in [3.8, 4) is 11.5 Å². The minimum Gasteiger partial charge on any atom is -2.00 e. The van der Waals surface area contributed by atoms with Gasteiger partial charge in [-0.25, -0.2) is 0 Å². The summed E-state index contributed by atoms with van der Waals surface area (Å²) in [5.41, 5.74) is 5.18. The van der Waals surface area contributed by atoms with E-state index in [0.29, 0.717) is 11.0 Å². The van der Waals surface area contributed by atoms with Crippen LogP contribution in [0, 0.1) is 27.7 Å². The molecular weight excluding hydrogens is 452 g/mol. The molecule has 0 saturated carbocycles. The smallest absolute Gasteiger partial charge is 0.0629 e. The molecule has 0 bridgehead atoms. The van der Waals surface area contributed by atoms with Gasteiger partial charge in [-0.2, -0.15) is 0 Å². The Hall–Kier alpha value is -2.53. The van der Waals surface area contributed by atoms with Gasteiger partial charge in [0.2, 0.25) is 0 Å². The van der Waals surface area contributed by atoms with Crippen LogP contribution in [0.2, 0.25) is 0 Å². The number of hydrogen-bond donors (Lipinski definition) is 0. The monoisotopic (exact) mass is 474 g/mol. The van der Waals surface area contributed by atoms with Crippen LogP contribution in [0.4, 0.5) is 0 Å². The molecule has 0 saturated heterocycles. The zero-order chi connectivity index (χ0) is 18.8. The fourth-order valence-corrected chi connectivity index (χ4v) is 3.11. The summed E-state index contributed by atoms with van der Waals surface area (Å²) < 4.78 is 0. The first-order chi connectivity index (χ1) is 12.4. The molecule has 0 aliphatic heterocycles. The molecule has 7 heteroatoms. The fraction of sp³-hybridized carbons (Fsp3) is 0.182. The van der Waals surface area contributed by atoms with Crippen molar-refractivity contribution >= 4 is 21.8 Å². The van der Waals surface area contributed by atoms with Crippen molar-refractivity contribution < 1.29 is 42.2 Å². The Labute approximate surface area is 184 Å². The van der Waals surface area contributed by atoms with Crippen molar-refractivity contribution in [1.82, 2.24) is 9.97 Å². The quantitative estimate of drug-likeness (QED) is 0.362. The molecule has 2 heterocycles. The predicted octanol–water partition coefficient (Wildman–Crippen LogP) is 3.61. The molecule has 0 spiro atoms. The van der Waals surface area contributed by atoms with Crippen LogP contribution in [-0.2, 0) is 32.0 Å². The van der Waals surface area contributed by atoms with Gasteiger partial charge in [0.05, 0.1) is 11.0 Å². The third-order valence-electron chi connectivity index (χ3n) is 4.27. The van der Waals surface area contributed by atoms with Crippen LogP contribution in [0.1, 0.15) is 22.5 Å². The minimum absolute atomic E-state index is 0. The maximum Gasteiger partial charge on any atom is 0.0629 e. The van der Waals surface area contributed by atoms with Gasteiger partial charge < -0.3 is 21.2 Å². The van der Waals surface area contributed by atoms with E-state index in [1.54, 1.807) is 24.3 Å². The Morgan fingerprint density at radius 2 is 0.966 bits per heavy atom. The second-order valence-corrected chi connectivity index (χ2v) is 6.47. The van der Waals surface area contributed by atoms with Crippen LogP contribution in [0.25, 0.3) is 21.8 Å². The summed E-state index contributed by atoms with van der Waals surface area (Å²) in [6.45, 7) is 7.80.